The monoisotopic (exact) mass is 332 g/mol. The number of aryl methyl sites for hydroxylation is 1. The molecular formula is C16H13ClN2O2S. The summed E-state index contributed by atoms with van der Waals surface area (Å²) in [5.74, 6) is 0. The molecule has 0 heterocycles. The molecule has 0 aliphatic heterocycles. The lowest BCUT2D eigenvalue weighted by molar-refractivity contribution is -0.402. The Balaban J connectivity index is 2.41. The number of hydrogen-bond acceptors (Lipinski definition) is 4. The average molecular weight is 333 g/mol. The van der Waals surface area contributed by atoms with Crippen molar-refractivity contribution < 1.29 is 4.92 Å². The first-order valence-electron chi connectivity index (χ1n) is 6.45. The van der Waals surface area contributed by atoms with Crippen molar-refractivity contribution in [1.29, 1.82) is 0 Å². The summed E-state index contributed by atoms with van der Waals surface area (Å²) in [6, 6.07) is 13.0. The third kappa shape index (κ3) is 3.90. The fraction of sp³-hybridized carbons (Fsp3) is 0.0625. The van der Waals surface area contributed by atoms with Gasteiger partial charge < -0.3 is 5.32 Å². The zero-order valence-corrected chi connectivity index (χ0v) is 13.3. The van der Waals surface area contributed by atoms with E-state index >= 15 is 0 Å². The topological polar surface area (TPSA) is 55.2 Å². The van der Waals surface area contributed by atoms with Gasteiger partial charge in [-0.1, -0.05) is 48.1 Å². The van der Waals surface area contributed by atoms with E-state index in [9.17, 15) is 10.1 Å². The number of anilines is 1. The molecule has 0 bridgehead atoms. The fourth-order valence-corrected chi connectivity index (χ4v) is 2.56. The first-order valence-corrected chi connectivity index (χ1v) is 7.24. The Morgan fingerprint density at radius 1 is 1.27 bits per heavy atom. The second kappa shape index (κ2) is 7.15. The van der Waals surface area contributed by atoms with Crippen LogP contribution in [-0.2, 0) is 0 Å². The highest BCUT2D eigenvalue weighted by atomic mass is 35.5. The molecule has 6 heteroatoms. The Morgan fingerprint density at radius 3 is 2.68 bits per heavy atom. The summed E-state index contributed by atoms with van der Waals surface area (Å²) in [7, 11) is 0. The van der Waals surface area contributed by atoms with Crippen LogP contribution in [0.15, 0.2) is 54.9 Å². The summed E-state index contributed by atoms with van der Waals surface area (Å²) in [5.41, 5.74) is 3.38. The van der Waals surface area contributed by atoms with Gasteiger partial charge in [0.25, 0.3) is 0 Å². The summed E-state index contributed by atoms with van der Waals surface area (Å²) < 4.78 is 0. The normalized spacial score (nSPS) is 10.6. The van der Waals surface area contributed by atoms with E-state index in [1.165, 1.54) is 6.20 Å². The van der Waals surface area contributed by atoms with Crippen LogP contribution in [0.4, 0.5) is 5.69 Å². The number of nitro groups is 1. The number of nitrogens with one attached hydrogen (secondary N) is 1. The summed E-state index contributed by atoms with van der Waals surface area (Å²) in [6.07, 6.45) is 2.09. The number of rotatable bonds is 5. The quantitative estimate of drug-likeness (QED) is 0.377. The van der Waals surface area contributed by atoms with Gasteiger partial charge >= 0.3 is 0 Å². The highest BCUT2D eigenvalue weighted by molar-refractivity contribution is 7.81. The van der Waals surface area contributed by atoms with Gasteiger partial charge in [0.15, 0.2) is 0 Å². The largest absolute Gasteiger partial charge is 0.356 e. The van der Waals surface area contributed by atoms with Crippen LogP contribution in [0.2, 0.25) is 5.02 Å². The molecule has 0 atom stereocenters. The predicted molar refractivity (Wildman–Crippen MR) is 93.2 cm³/mol. The van der Waals surface area contributed by atoms with E-state index in [1.807, 2.05) is 31.2 Å². The maximum Gasteiger partial charge on any atom is 0.250 e. The lowest BCUT2D eigenvalue weighted by Crippen LogP contribution is -2.06. The molecule has 0 amide bonds. The van der Waals surface area contributed by atoms with E-state index in [2.05, 4.69) is 5.32 Å². The van der Waals surface area contributed by atoms with Crippen molar-refractivity contribution in [3.8, 4) is 0 Å². The molecule has 0 fully saturated rings. The van der Waals surface area contributed by atoms with Crippen LogP contribution in [0.5, 0.6) is 0 Å². The van der Waals surface area contributed by atoms with E-state index in [4.69, 9.17) is 23.8 Å². The molecule has 0 aromatic heterocycles. The summed E-state index contributed by atoms with van der Waals surface area (Å²) >= 11 is 11.6. The number of thiocarbonyl (C=S) groups is 1. The van der Waals surface area contributed by atoms with Gasteiger partial charge in [-0.2, -0.15) is 0 Å². The first-order chi connectivity index (χ1) is 10.5. The van der Waals surface area contributed by atoms with E-state index < -0.39 is 4.92 Å². The van der Waals surface area contributed by atoms with Crippen LogP contribution in [0.3, 0.4) is 0 Å². The molecule has 0 aliphatic rings. The van der Waals surface area contributed by atoms with Gasteiger partial charge in [0.2, 0.25) is 6.20 Å². The third-order valence-electron chi connectivity index (χ3n) is 3.05. The number of hydrogen-bond donors (Lipinski definition) is 1. The Labute approximate surface area is 138 Å². The van der Waals surface area contributed by atoms with Gasteiger partial charge in [-0.25, -0.2) is 0 Å². The Morgan fingerprint density at radius 2 is 2.00 bits per heavy atom. The molecule has 2 rings (SSSR count). The maximum absolute atomic E-state index is 10.4. The fourth-order valence-electron chi connectivity index (χ4n) is 1.99. The van der Waals surface area contributed by atoms with Crippen LogP contribution in [0.1, 0.15) is 16.7 Å². The minimum absolute atomic E-state index is 0.539. The van der Waals surface area contributed by atoms with Crippen molar-refractivity contribution in [2.24, 2.45) is 0 Å². The zero-order chi connectivity index (χ0) is 16.1. The molecule has 0 spiro atoms. The third-order valence-corrected chi connectivity index (χ3v) is 3.73. The molecule has 0 aliphatic carbocycles. The van der Waals surface area contributed by atoms with Crippen molar-refractivity contribution in [1.82, 2.24) is 0 Å². The first kappa shape index (κ1) is 16.1. The van der Waals surface area contributed by atoms with Crippen LogP contribution >= 0.6 is 23.8 Å². The van der Waals surface area contributed by atoms with Crippen LogP contribution in [0.25, 0.3) is 0 Å². The van der Waals surface area contributed by atoms with Crippen LogP contribution in [-0.4, -0.2) is 9.79 Å². The second-order valence-electron chi connectivity index (χ2n) is 4.58. The molecule has 0 saturated carbocycles. The van der Waals surface area contributed by atoms with Crippen LogP contribution < -0.4 is 5.32 Å². The number of benzene rings is 2. The summed E-state index contributed by atoms with van der Waals surface area (Å²) in [4.78, 5) is 10.5. The lowest BCUT2D eigenvalue weighted by atomic mass is 9.99. The smallest absolute Gasteiger partial charge is 0.250 e. The number of nitrogens with zero attached hydrogens (tertiary/aromatic N) is 1. The second-order valence-corrected chi connectivity index (χ2v) is 5.42. The average Bonchev–Trinajstić information content (AvgIpc) is 2.48. The van der Waals surface area contributed by atoms with Crippen molar-refractivity contribution >= 4 is 34.4 Å². The molecule has 2 aromatic rings. The van der Waals surface area contributed by atoms with Crippen molar-refractivity contribution in [3.63, 3.8) is 0 Å². The SMILES string of the molecule is Cc1ccccc1C(=S)c1cc(Cl)ccc1NC=C[N+](=O)[O-]. The summed E-state index contributed by atoms with van der Waals surface area (Å²) in [6.45, 7) is 1.98. The van der Waals surface area contributed by atoms with Crippen molar-refractivity contribution in [2.45, 2.75) is 6.92 Å². The molecule has 2 aromatic carbocycles. The van der Waals surface area contributed by atoms with Crippen molar-refractivity contribution in [3.05, 3.63) is 86.7 Å². The van der Waals surface area contributed by atoms with Crippen LogP contribution in [0, 0.1) is 17.0 Å². The maximum atomic E-state index is 10.4. The summed E-state index contributed by atoms with van der Waals surface area (Å²) in [5, 5.41) is 13.8. The van der Waals surface area contributed by atoms with Gasteiger partial charge in [-0.15, -0.1) is 0 Å². The van der Waals surface area contributed by atoms with Gasteiger partial charge in [-0.05, 0) is 36.2 Å². The minimum Gasteiger partial charge on any atom is -0.356 e. The Kier molecular flexibility index (Phi) is 5.25. The predicted octanol–water partition coefficient (Wildman–Crippen LogP) is 4.57. The van der Waals surface area contributed by atoms with E-state index in [1.54, 1.807) is 18.2 Å². The highest BCUT2D eigenvalue weighted by Gasteiger charge is 2.12. The van der Waals surface area contributed by atoms with Gasteiger partial charge in [0.05, 0.1) is 16.0 Å². The molecule has 1 N–H and O–H groups in total. The minimum atomic E-state index is -0.539. The van der Waals surface area contributed by atoms with Crippen molar-refractivity contribution in [2.75, 3.05) is 5.32 Å². The molecule has 112 valence electrons. The van der Waals surface area contributed by atoms with Gasteiger partial charge in [0, 0.05) is 16.3 Å². The van der Waals surface area contributed by atoms with E-state index in [0.29, 0.717) is 15.6 Å². The molecule has 4 nitrogen and oxygen atoms in total. The number of halogens is 1. The Bertz CT molecular complexity index is 760. The Hall–Kier alpha value is -2.24. The molecule has 0 radical (unpaired) electrons. The molecular weight excluding hydrogens is 320 g/mol. The highest BCUT2D eigenvalue weighted by Crippen LogP contribution is 2.25. The van der Waals surface area contributed by atoms with E-state index in [-0.39, 0.29) is 0 Å². The van der Waals surface area contributed by atoms with E-state index in [0.717, 1.165) is 22.9 Å². The molecule has 0 unspecified atom stereocenters. The zero-order valence-electron chi connectivity index (χ0n) is 11.7. The molecule has 22 heavy (non-hydrogen) atoms. The van der Waals surface area contributed by atoms with Gasteiger partial charge in [0.1, 0.15) is 0 Å². The molecule has 0 saturated heterocycles. The lowest BCUT2D eigenvalue weighted by Gasteiger charge is -2.13. The standard InChI is InChI=1S/C16H13ClN2O2S/c1-11-4-2-3-5-13(11)16(22)14-10-12(17)6-7-15(14)18-8-9-19(20)21/h2-10,18H,1H3. The van der Waals surface area contributed by atoms with Gasteiger partial charge in [-0.3, -0.25) is 10.1 Å².